The highest BCUT2D eigenvalue weighted by atomic mass is 32.1. The van der Waals surface area contributed by atoms with Crippen molar-refractivity contribution in [2.24, 2.45) is 5.92 Å². The van der Waals surface area contributed by atoms with Gasteiger partial charge in [0.25, 0.3) is 0 Å². The molecule has 0 radical (unpaired) electrons. The fourth-order valence-electron chi connectivity index (χ4n) is 3.76. The Hall–Kier alpha value is -2.52. The Morgan fingerprint density at radius 1 is 1.31 bits per heavy atom. The van der Waals surface area contributed by atoms with E-state index in [4.69, 9.17) is 0 Å². The molecule has 0 saturated carbocycles. The molecule has 4 heterocycles. The number of rotatable bonds is 7. The Balaban J connectivity index is 1.18. The smallest absolute Gasteiger partial charge is 0.350 e. The van der Waals surface area contributed by atoms with Crippen molar-refractivity contribution in [3.63, 3.8) is 0 Å². The van der Waals surface area contributed by atoms with Crippen molar-refractivity contribution >= 4 is 22.9 Å². The zero-order chi connectivity index (χ0) is 20.2. The Bertz CT molecular complexity index is 1030. The van der Waals surface area contributed by atoms with Gasteiger partial charge < -0.3 is 5.32 Å². The molecule has 3 aromatic rings. The molecule has 3 aromatic heterocycles. The maximum atomic E-state index is 12.5. The van der Waals surface area contributed by atoms with Crippen LogP contribution in [0, 0.1) is 12.8 Å². The van der Waals surface area contributed by atoms with Crippen LogP contribution >= 0.6 is 11.3 Å². The molecule has 1 aliphatic heterocycles. The highest BCUT2D eigenvalue weighted by molar-refractivity contribution is 7.09. The number of nitrogens with one attached hydrogen (secondary N) is 1. The first-order valence-electron chi connectivity index (χ1n) is 10.1. The predicted molar refractivity (Wildman–Crippen MR) is 112 cm³/mol. The predicted octanol–water partition coefficient (Wildman–Crippen LogP) is 1.68. The summed E-state index contributed by atoms with van der Waals surface area (Å²) < 4.78 is 2.99. The van der Waals surface area contributed by atoms with E-state index in [9.17, 15) is 9.59 Å². The van der Waals surface area contributed by atoms with Gasteiger partial charge in [-0.25, -0.2) is 14.5 Å². The topological polar surface area (TPSA) is 84.5 Å². The zero-order valence-corrected chi connectivity index (χ0v) is 17.4. The molecule has 0 unspecified atom stereocenters. The van der Waals surface area contributed by atoms with E-state index in [0.29, 0.717) is 25.2 Å². The van der Waals surface area contributed by atoms with Crippen LogP contribution in [0.25, 0.3) is 5.65 Å². The van der Waals surface area contributed by atoms with Crippen LogP contribution in [0.15, 0.2) is 34.6 Å². The van der Waals surface area contributed by atoms with E-state index < -0.39 is 0 Å². The molecular weight excluding hydrogens is 388 g/mol. The molecule has 1 amide bonds. The first kappa shape index (κ1) is 19.8. The summed E-state index contributed by atoms with van der Waals surface area (Å²) in [5.41, 5.74) is 1.62. The average Bonchev–Trinajstić information content (AvgIpc) is 3.28. The summed E-state index contributed by atoms with van der Waals surface area (Å²) in [7, 11) is 0. The van der Waals surface area contributed by atoms with Crippen LogP contribution in [0.2, 0.25) is 0 Å². The minimum absolute atomic E-state index is 0.0707. The fourth-order valence-corrected chi connectivity index (χ4v) is 4.37. The number of piperidine rings is 1. The lowest BCUT2D eigenvalue weighted by Crippen LogP contribution is -2.40. The maximum Gasteiger partial charge on any atom is 0.350 e. The third kappa shape index (κ3) is 4.73. The van der Waals surface area contributed by atoms with E-state index in [1.165, 1.54) is 9.08 Å². The number of aromatic nitrogens is 4. The van der Waals surface area contributed by atoms with Gasteiger partial charge in [-0.2, -0.15) is 0 Å². The van der Waals surface area contributed by atoms with Crippen molar-refractivity contribution < 1.29 is 4.79 Å². The number of pyridine rings is 1. The highest BCUT2D eigenvalue weighted by Gasteiger charge is 2.25. The highest BCUT2D eigenvalue weighted by Crippen LogP contribution is 2.20. The average molecular weight is 415 g/mol. The molecule has 0 atom stereocenters. The van der Waals surface area contributed by atoms with Crippen molar-refractivity contribution in [1.82, 2.24) is 29.4 Å². The first-order valence-corrected chi connectivity index (χ1v) is 10.9. The van der Waals surface area contributed by atoms with Gasteiger partial charge in [-0.1, -0.05) is 6.07 Å². The van der Waals surface area contributed by atoms with Gasteiger partial charge in [0, 0.05) is 37.1 Å². The second-order valence-corrected chi connectivity index (χ2v) is 8.55. The molecule has 1 fully saturated rings. The number of amides is 1. The molecule has 1 saturated heterocycles. The maximum absolute atomic E-state index is 12.5. The number of hydrogen-bond acceptors (Lipinski definition) is 6. The van der Waals surface area contributed by atoms with Crippen LogP contribution in [-0.2, 0) is 17.9 Å². The number of carbonyl (C=O) groups excluding carboxylic acids is 1. The van der Waals surface area contributed by atoms with Crippen LogP contribution < -0.4 is 11.0 Å². The van der Waals surface area contributed by atoms with Crippen molar-refractivity contribution in [1.29, 1.82) is 0 Å². The van der Waals surface area contributed by atoms with Crippen LogP contribution in [0.4, 0.5) is 0 Å². The fraction of sp³-hybridized carbons (Fsp3) is 0.500. The molecule has 4 rings (SSSR count). The normalized spacial score (nSPS) is 15.8. The molecule has 154 valence electrons. The summed E-state index contributed by atoms with van der Waals surface area (Å²) in [6.45, 7) is 5.78. The Morgan fingerprint density at radius 2 is 2.14 bits per heavy atom. The number of likely N-dealkylation sites (tertiary alicyclic amines) is 1. The van der Waals surface area contributed by atoms with Crippen molar-refractivity contribution in [3.05, 3.63) is 51.0 Å². The van der Waals surface area contributed by atoms with E-state index in [0.717, 1.165) is 43.2 Å². The quantitative estimate of drug-likeness (QED) is 0.595. The van der Waals surface area contributed by atoms with Gasteiger partial charge in [0.1, 0.15) is 0 Å². The summed E-state index contributed by atoms with van der Waals surface area (Å²) in [6, 6.07) is 5.47. The Kier molecular flexibility index (Phi) is 6.05. The molecular formula is C20H26N6O2S. The molecule has 0 aliphatic carbocycles. The van der Waals surface area contributed by atoms with Gasteiger partial charge in [-0.15, -0.1) is 16.4 Å². The number of hydrogen-bond donors (Lipinski definition) is 1. The summed E-state index contributed by atoms with van der Waals surface area (Å²) >= 11 is 1.68. The van der Waals surface area contributed by atoms with Crippen LogP contribution in [0.1, 0.15) is 30.0 Å². The zero-order valence-electron chi connectivity index (χ0n) is 16.6. The molecule has 8 nitrogen and oxygen atoms in total. The van der Waals surface area contributed by atoms with E-state index >= 15 is 0 Å². The molecule has 9 heteroatoms. The van der Waals surface area contributed by atoms with Crippen molar-refractivity contribution in [3.8, 4) is 0 Å². The summed E-state index contributed by atoms with van der Waals surface area (Å²) in [6.07, 6.45) is 4.14. The van der Waals surface area contributed by atoms with E-state index in [1.807, 2.05) is 25.1 Å². The van der Waals surface area contributed by atoms with Gasteiger partial charge in [0.05, 0.1) is 10.7 Å². The summed E-state index contributed by atoms with van der Waals surface area (Å²) in [5, 5.41) is 10.5. The number of aryl methyl sites for hydroxylation is 2. The second-order valence-electron chi connectivity index (χ2n) is 7.49. The van der Waals surface area contributed by atoms with Crippen LogP contribution in [0.5, 0.6) is 0 Å². The van der Waals surface area contributed by atoms with Gasteiger partial charge >= 0.3 is 5.69 Å². The molecule has 1 N–H and O–H groups in total. The largest absolute Gasteiger partial charge is 0.356 e. The Labute approximate surface area is 173 Å². The molecule has 0 spiro atoms. The van der Waals surface area contributed by atoms with Crippen LogP contribution in [0.3, 0.4) is 0 Å². The first-order chi connectivity index (χ1) is 14.1. The van der Waals surface area contributed by atoms with Gasteiger partial charge in [0.2, 0.25) is 5.91 Å². The lowest BCUT2D eigenvalue weighted by atomic mass is 9.96. The number of carbonyl (C=O) groups is 1. The van der Waals surface area contributed by atoms with Gasteiger partial charge in [0.15, 0.2) is 5.65 Å². The van der Waals surface area contributed by atoms with Crippen molar-refractivity contribution in [2.75, 3.05) is 19.6 Å². The third-order valence-corrected chi connectivity index (χ3v) is 6.17. The van der Waals surface area contributed by atoms with E-state index in [1.54, 1.807) is 17.5 Å². The lowest BCUT2D eigenvalue weighted by Gasteiger charge is -2.30. The third-order valence-electron chi connectivity index (χ3n) is 5.34. The second kappa shape index (κ2) is 8.87. The SMILES string of the molecule is Cc1nc(CN2CCC(C(=O)NCCCn3nc4ccccn4c3=O)CC2)cs1. The number of fused-ring (bicyclic) bond motifs is 1. The minimum atomic E-state index is -0.144. The number of thiazole rings is 1. The Morgan fingerprint density at radius 3 is 2.86 bits per heavy atom. The monoisotopic (exact) mass is 414 g/mol. The molecule has 29 heavy (non-hydrogen) atoms. The standard InChI is InChI=1S/C20H26N6O2S/c1-15-22-17(14-29-15)13-24-11-6-16(7-12-24)19(27)21-8-4-10-26-20(28)25-9-3-2-5-18(25)23-26/h2-3,5,9,14,16H,4,6-8,10-13H2,1H3,(H,21,27). The van der Waals surface area contributed by atoms with Gasteiger partial charge in [-0.3, -0.25) is 14.1 Å². The lowest BCUT2D eigenvalue weighted by molar-refractivity contribution is -0.126. The van der Waals surface area contributed by atoms with Crippen molar-refractivity contribution in [2.45, 2.75) is 39.3 Å². The van der Waals surface area contributed by atoms with E-state index in [-0.39, 0.29) is 17.5 Å². The summed E-state index contributed by atoms with van der Waals surface area (Å²) in [4.78, 5) is 31.6. The molecule has 0 aromatic carbocycles. The van der Waals surface area contributed by atoms with E-state index in [2.05, 4.69) is 25.7 Å². The molecule has 0 bridgehead atoms. The van der Waals surface area contributed by atoms with Crippen LogP contribution in [-0.4, -0.2) is 49.6 Å². The van der Waals surface area contributed by atoms with Gasteiger partial charge in [-0.05, 0) is 51.4 Å². The number of nitrogens with zero attached hydrogens (tertiary/aromatic N) is 5. The minimum Gasteiger partial charge on any atom is -0.356 e. The summed E-state index contributed by atoms with van der Waals surface area (Å²) in [5.74, 6) is 0.192. The molecule has 1 aliphatic rings.